The lowest BCUT2D eigenvalue weighted by Gasteiger charge is -2.17. The zero-order valence-corrected chi connectivity index (χ0v) is 9.91. The SMILES string of the molecule is C=C[C@@H]1OCC[C@H]1CNC(=NC)NC1CC1. The van der Waals surface area contributed by atoms with Crippen molar-refractivity contribution in [2.75, 3.05) is 20.2 Å². The second kappa shape index (κ2) is 5.34. The topological polar surface area (TPSA) is 45.6 Å². The minimum atomic E-state index is 0.200. The van der Waals surface area contributed by atoms with Crippen LogP contribution in [0.4, 0.5) is 0 Å². The molecule has 0 spiro atoms. The highest BCUT2D eigenvalue weighted by Gasteiger charge is 2.26. The number of aliphatic imine (C=N–C) groups is 1. The van der Waals surface area contributed by atoms with Crippen molar-refractivity contribution >= 4 is 5.96 Å². The average molecular weight is 223 g/mol. The van der Waals surface area contributed by atoms with Gasteiger partial charge in [0.2, 0.25) is 0 Å². The first-order valence-corrected chi connectivity index (χ1v) is 6.05. The van der Waals surface area contributed by atoms with Crippen LogP contribution in [-0.4, -0.2) is 38.3 Å². The van der Waals surface area contributed by atoms with Crippen molar-refractivity contribution in [3.63, 3.8) is 0 Å². The minimum Gasteiger partial charge on any atom is -0.374 e. The molecule has 0 unspecified atom stereocenters. The normalized spacial score (nSPS) is 30.2. The molecule has 0 amide bonds. The van der Waals surface area contributed by atoms with E-state index in [2.05, 4.69) is 22.2 Å². The molecule has 2 fully saturated rings. The van der Waals surface area contributed by atoms with Gasteiger partial charge in [-0.3, -0.25) is 4.99 Å². The van der Waals surface area contributed by atoms with Crippen LogP contribution >= 0.6 is 0 Å². The fourth-order valence-electron chi connectivity index (χ4n) is 1.98. The molecule has 2 atom stereocenters. The third-order valence-electron chi connectivity index (χ3n) is 3.17. The van der Waals surface area contributed by atoms with Crippen molar-refractivity contribution in [1.29, 1.82) is 0 Å². The Balaban J connectivity index is 1.74. The lowest BCUT2D eigenvalue weighted by atomic mass is 10.0. The molecule has 0 radical (unpaired) electrons. The third kappa shape index (κ3) is 2.98. The number of guanidine groups is 1. The Labute approximate surface area is 97.2 Å². The van der Waals surface area contributed by atoms with Crippen LogP contribution in [0.1, 0.15) is 19.3 Å². The van der Waals surface area contributed by atoms with Gasteiger partial charge in [0.25, 0.3) is 0 Å². The molecule has 4 heteroatoms. The molecule has 0 aromatic rings. The van der Waals surface area contributed by atoms with E-state index in [1.165, 1.54) is 12.8 Å². The Kier molecular flexibility index (Phi) is 3.83. The van der Waals surface area contributed by atoms with Crippen LogP contribution in [0.5, 0.6) is 0 Å². The molecule has 16 heavy (non-hydrogen) atoms. The molecule has 0 aromatic heterocycles. The van der Waals surface area contributed by atoms with Gasteiger partial charge in [0, 0.05) is 32.2 Å². The molecule has 2 aliphatic rings. The smallest absolute Gasteiger partial charge is 0.191 e. The van der Waals surface area contributed by atoms with Gasteiger partial charge >= 0.3 is 0 Å². The van der Waals surface area contributed by atoms with E-state index in [1.807, 2.05) is 13.1 Å². The molecular formula is C12H21N3O. The number of nitrogens with one attached hydrogen (secondary N) is 2. The number of hydrogen-bond donors (Lipinski definition) is 2. The highest BCUT2D eigenvalue weighted by atomic mass is 16.5. The van der Waals surface area contributed by atoms with E-state index in [4.69, 9.17) is 4.74 Å². The number of rotatable bonds is 4. The Hall–Kier alpha value is -1.03. The summed E-state index contributed by atoms with van der Waals surface area (Å²) in [6.45, 7) is 5.55. The fourth-order valence-corrected chi connectivity index (χ4v) is 1.98. The highest BCUT2D eigenvalue weighted by molar-refractivity contribution is 5.80. The van der Waals surface area contributed by atoms with Crippen LogP contribution in [-0.2, 0) is 4.74 Å². The number of nitrogens with zero attached hydrogens (tertiary/aromatic N) is 1. The van der Waals surface area contributed by atoms with Gasteiger partial charge in [-0.15, -0.1) is 6.58 Å². The van der Waals surface area contributed by atoms with E-state index in [-0.39, 0.29) is 6.10 Å². The summed E-state index contributed by atoms with van der Waals surface area (Å²) in [5.41, 5.74) is 0. The van der Waals surface area contributed by atoms with Crippen molar-refractivity contribution in [1.82, 2.24) is 10.6 Å². The van der Waals surface area contributed by atoms with Crippen LogP contribution in [0.15, 0.2) is 17.6 Å². The van der Waals surface area contributed by atoms with E-state index in [0.29, 0.717) is 12.0 Å². The maximum absolute atomic E-state index is 5.56. The molecule has 1 saturated heterocycles. The standard InChI is InChI=1S/C12H21N3O/c1-3-11-9(6-7-16-11)8-14-12(13-2)15-10-4-5-10/h3,9-11H,1,4-8H2,2H3,(H2,13,14,15)/t9-,11-/m0/s1. The first-order valence-electron chi connectivity index (χ1n) is 6.05. The molecule has 1 saturated carbocycles. The predicted molar refractivity (Wildman–Crippen MR) is 65.6 cm³/mol. The maximum Gasteiger partial charge on any atom is 0.191 e. The predicted octanol–water partition coefficient (Wildman–Crippen LogP) is 0.905. The van der Waals surface area contributed by atoms with Crippen LogP contribution < -0.4 is 10.6 Å². The van der Waals surface area contributed by atoms with E-state index < -0.39 is 0 Å². The van der Waals surface area contributed by atoms with E-state index in [0.717, 1.165) is 25.5 Å². The molecule has 2 rings (SSSR count). The summed E-state index contributed by atoms with van der Waals surface area (Å²) in [6.07, 6.45) is 5.73. The van der Waals surface area contributed by atoms with Crippen molar-refractivity contribution < 1.29 is 4.74 Å². The molecule has 1 heterocycles. The molecule has 1 aliphatic heterocycles. The molecule has 4 nitrogen and oxygen atoms in total. The van der Waals surface area contributed by atoms with Crippen molar-refractivity contribution in [2.24, 2.45) is 10.9 Å². The summed E-state index contributed by atoms with van der Waals surface area (Å²) >= 11 is 0. The summed E-state index contributed by atoms with van der Waals surface area (Å²) < 4.78 is 5.56. The van der Waals surface area contributed by atoms with Gasteiger partial charge in [0.1, 0.15) is 0 Å². The van der Waals surface area contributed by atoms with Gasteiger partial charge in [0.15, 0.2) is 5.96 Å². The van der Waals surface area contributed by atoms with Gasteiger partial charge in [-0.05, 0) is 19.3 Å². The fraction of sp³-hybridized carbons (Fsp3) is 0.750. The van der Waals surface area contributed by atoms with Crippen molar-refractivity contribution in [2.45, 2.75) is 31.4 Å². The average Bonchev–Trinajstić information content (AvgIpc) is 3.00. The van der Waals surface area contributed by atoms with E-state index in [9.17, 15) is 0 Å². The summed E-state index contributed by atoms with van der Waals surface area (Å²) in [6, 6.07) is 0.640. The third-order valence-corrected chi connectivity index (χ3v) is 3.17. The van der Waals surface area contributed by atoms with Crippen molar-refractivity contribution in [3.8, 4) is 0 Å². The Morgan fingerprint density at radius 2 is 2.31 bits per heavy atom. The van der Waals surface area contributed by atoms with Crippen molar-refractivity contribution in [3.05, 3.63) is 12.7 Å². The highest BCUT2D eigenvalue weighted by Crippen LogP contribution is 2.21. The zero-order valence-electron chi connectivity index (χ0n) is 9.91. The lowest BCUT2D eigenvalue weighted by molar-refractivity contribution is 0.128. The molecule has 0 aromatic carbocycles. The van der Waals surface area contributed by atoms with Crippen LogP contribution in [0.3, 0.4) is 0 Å². The lowest BCUT2D eigenvalue weighted by Crippen LogP contribution is -2.41. The maximum atomic E-state index is 5.56. The molecule has 1 aliphatic carbocycles. The first-order chi connectivity index (χ1) is 7.83. The van der Waals surface area contributed by atoms with Crippen LogP contribution in [0, 0.1) is 5.92 Å². The van der Waals surface area contributed by atoms with Gasteiger partial charge in [-0.2, -0.15) is 0 Å². The Bertz CT molecular complexity index is 273. The Morgan fingerprint density at radius 3 is 2.94 bits per heavy atom. The minimum absolute atomic E-state index is 0.200. The van der Waals surface area contributed by atoms with Gasteiger partial charge < -0.3 is 15.4 Å². The van der Waals surface area contributed by atoms with E-state index in [1.54, 1.807) is 0 Å². The quantitative estimate of drug-likeness (QED) is 0.423. The first kappa shape index (κ1) is 11.5. The second-order valence-electron chi connectivity index (χ2n) is 4.49. The largest absolute Gasteiger partial charge is 0.374 e. The Morgan fingerprint density at radius 1 is 1.50 bits per heavy atom. The van der Waals surface area contributed by atoms with E-state index >= 15 is 0 Å². The number of ether oxygens (including phenoxy) is 1. The molecule has 2 N–H and O–H groups in total. The zero-order chi connectivity index (χ0) is 11.4. The monoisotopic (exact) mass is 223 g/mol. The summed E-state index contributed by atoms with van der Waals surface area (Å²) in [7, 11) is 1.81. The summed E-state index contributed by atoms with van der Waals surface area (Å²) in [5.74, 6) is 1.44. The summed E-state index contributed by atoms with van der Waals surface area (Å²) in [4.78, 5) is 4.21. The molecule has 90 valence electrons. The van der Waals surface area contributed by atoms with Crippen LogP contribution in [0.2, 0.25) is 0 Å². The number of hydrogen-bond acceptors (Lipinski definition) is 2. The molecular weight excluding hydrogens is 202 g/mol. The van der Waals surface area contributed by atoms with Crippen LogP contribution in [0.25, 0.3) is 0 Å². The van der Waals surface area contributed by atoms with Gasteiger partial charge in [0.05, 0.1) is 6.10 Å². The second-order valence-corrected chi connectivity index (χ2v) is 4.49. The van der Waals surface area contributed by atoms with Gasteiger partial charge in [-0.25, -0.2) is 0 Å². The van der Waals surface area contributed by atoms with Gasteiger partial charge in [-0.1, -0.05) is 6.08 Å². The molecule has 0 bridgehead atoms. The summed E-state index contributed by atoms with van der Waals surface area (Å²) in [5, 5.41) is 6.73.